The summed E-state index contributed by atoms with van der Waals surface area (Å²) >= 11 is 6.32. The molecular formula is C21H28ClN3O4. The number of halogens is 1. The van der Waals surface area contributed by atoms with E-state index in [1.54, 1.807) is 25.3 Å². The summed E-state index contributed by atoms with van der Waals surface area (Å²) in [5.74, 6) is 0.971. The Bertz CT molecular complexity index is 861. The zero-order valence-corrected chi connectivity index (χ0v) is 18.0. The number of nitrogens with one attached hydrogen (secondary N) is 1. The Morgan fingerprint density at radius 2 is 2.10 bits per heavy atom. The summed E-state index contributed by atoms with van der Waals surface area (Å²) in [6.45, 7) is 7.03. The smallest absolute Gasteiger partial charge is 0.323 e. The lowest BCUT2D eigenvalue weighted by molar-refractivity contribution is -0.148. The highest BCUT2D eigenvalue weighted by atomic mass is 35.5. The minimum absolute atomic E-state index is 0.0291. The monoisotopic (exact) mass is 421 g/mol. The summed E-state index contributed by atoms with van der Waals surface area (Å²) in [5, 5.41) is 3.45. The molecule has 0 bridgehead atoms. The molecule has 8 heteroatoms. The van der Waals surface area contributed by atoms with Crippen LogP contribution in [0.5, 0.6) is 11.6 Å². The Hall–Kier alpha value is -2.12. The van der Waals surface area contributed by atoms with E-state index in [0.717, 1.165) is 12.8 Å². The van der Waals surface area contributed by atoms with Crippen molar-refractivity contribution < 1.29 is 19.0 Å². The predicted octanol–water partition coefficient (Wildman–Crippen LogP) is 3.63. The van der Waals surface area contributed by atoms with Crippen LogP contribution in [0, 0.1) is 11.8 Å². The second-order valence-corrected chi connectivity index (χ2v) is 8.05. The van der Waals surface area contributed by atoms with E-state index in [4.69, 9.17) is 25.8 Å². The van der Waals surface area contributed by atoms with Crippen LogP contribution in [0.25, 0.3) is 11.0 Å². The fraction of sp³-hybridized carbons (Fsp3) is 0.571. The van der Waals surface area contributed by atoms with Gasteiger partial charge in [-0.2, -0.15) is 0 Å². The summed E-state index contributed by atoms with van der Waals surface area (Å²) < 4.78 is 16.8. The number of hydrogen-bond donors (Lipinski definition) is 1. The largest absolute Gasteiger partial charge is 0.497 e. The molecule has 2 aromatic rings. The van der Waals surface area contributed by atoms with Gasteiger partial charge in [0.25, 0.3) is 5.88 Å². The van der Waals surface area contributed by atoms with Gasteiger partial charge in [-0.05, 0) is 24.5 Å². The van der Waals surface area contributed by atoms with Crippen LogP contribution in [0.4, 0.5) is 0 Å². The van der Waals surface area contributed by atoms with E-state index in [-0.39, 0.29) is 29.0 Å². The lowest BCUT2D eigenvalue weighted by Gasteiger charge is -2.23. The van der Waals surface area contributed by atoms with Crippen molar-refractivity contribution in [2.45, 2.75) is 45.8 Å². The number of aromatic nitrogens is 2. The van der Waals surface area contributed by atoms with Gasteiger partial charge in [-0.15, -0.1) is 0 Å². The molecule has 2 heterocycles. The minimum atomic E-state index is -0.397. The van der Waals surface area contributed by atoms with Crippen molar-refractivity contribution in [3.8, 4) is 11.6 Å². The molecule has 3 rings (SSSR count). The number of carbonyl (C=O) groups excluding carboxylic acids is 1. The molecule has 158 valence electrons. The van der Waals surface area contributed by atoms with E-state index in [2.05, 4.69) is 22.2 Å². The topological polar surface area (TPSA) is 82.6 Å². The standard InChI is InChI=1S/C21H28ClN3O4/c1-5-6-14-17(10-23-18(14)21(26)28-11-12(2)3)29-20-19(22)24-15-8-7-13(27-4)9-16(15)25-20/h7-9,12,14,17-18,23H,5-6,10-11H2,1-4H3. The number of esters is 1. The third-order valence-corrected chi connectivity index (χ3v) is 5.19. The van der Waals surface area contributed by atoms with Gasteiger partial charge in [0.2, 0.25) is 0 Å². The highest BCUT2D eigenvalue weighted by Crippen LogP contribution is 2.31. The van der Waals surface area contributed by atoms with Crippen LogP contribution in [-0.2, 0) is 9.53 Å². The lowest BCUT2D eigenvalue weighted by atomic mass is 9.93. The maximum Gasteiger partial charge on any atom is 0.323 e. The van der Waals surface area contributed by atoms with Crippen LogP contribution in [-0.4, -0.2) is 48.3 Å². The molecule has 3 unspecified atom stereocenters. The summed E-state index contributed by atoms with van der Waals surface area (Å²) in [4.78, 5) is 21.4. The van der Waals surface area contributed by atoms with Crippen molar-refractivity contribution in [1.29, 1.82) is 0 Å². The third-order valence-electron chi connectivity index (χ3n) is 4.94. The summed E-state index contributed by atoms with van der Waals surface area (Å²) in [6.07, 6.45) is 1.50. The van der Waals surface area contributed by atoms with Crippen molar-refractivity contribution in [1.82, 2.24) is 15.3 Å². The molecule has 0 amide bonds. The van der Waals surface area contributed by atoms with Gasteiger partial charge in [-0.1, -0.05) is 38.8 Å². The molecule has 0 aliphatic carbocycles. The highest BCUT2D eigenvalue weighted by Gasteiger charge is 2.42. The fourth-order valence-electron chi connectivity index (χ4n) is 3.51. The minimum Gasteiger partial charge on any atom is -0.497 e. The molecular weight excluding hydrogens is 394 g/mol. The van der Waals surface area contributed by atoms with Crippen LogP contribution in [0.15, 0.2) is 18.2 Å². The van der Waals surface area contributed by atoms with Crippen molar-refractivity contribution in [2.75, 3.05) is 20.3 Å². The van der Waals surface area contributed by atoms with Crippen molar-refractivity contribution >= 4 is 28.6 Å². The molecule has 0 saturated carbocycles. The van der Waals surface area contributed by atoms with Gasteiger partial charge < -0.3 is 19.5 Å². The van der Waals surface area contributed by atoms with Gasteiger partial charge in [-0.25, -0.2) is 9.97 Å². The molecule has 29 heavy (non-hydrogen) atoms. The second-order valence-electron chi connectivity index (χ2n) is 7.69. The molecule has 1 aliphatic heterocycles. The van der Waals surface area contributed by atoms with Gasteiger partial charge in [0.15, 0.2) is 5.15 Å². The Balaban J connectivity index is 1.79. The van der Waals surface area contributed by atoms with Crippen LogP contribution in [0.3, 0.4) is 0 Å². The van der Waals surface area contributed by atoms with Gasteiger partial charge in [0.1, 0.15) is 17.9 Å². The van der Waals surface area contributed by atoms with Crippen molar-refractivity contribution in [3.63, 3.8) is 0 Å². The Morgan fingerprint density at radius 3 is 2.79 bits per heavy atom. The van der Waals surface area contributed by atoms with Gasteiger partial charge in [0.05, 0.1) is 24.8 Å². The van der Waals surface area contributed by atoms with Gasteiger partial charge in [0, 0.05) is 18.5 Å². The maximum atomic E-state index is 12.5. The number of ether oxygens (including phenoxy) is 3. The normalized spacial score (nSPS) is 21.5. The molecule has 0 spiro atoms. The zero-order chi connectivity index (χ0) is 21.0. The number of nitrogens with zero attached hydrogens (tertiary/aromatic N) is 2. The first-order valence-corrected chi connectivity index (χ1v) is 10.4. The summed E-state index contributed by atoms with van der Waals surface area (Å²) in [5.41, 5.74) is 1.29. The van der Waals surface area contributed by atoms with Crippen LogP contribution >= 0.6 is 11.6 Å². The summed E-state index contributed by atoms with van der Waals surface area (Å²) in [6, 6.07) is 4.99. The fourth-order valence-corrected chi connectivity index (χ4v) is 3.69. The average Bonchev–Trinajstić information content (AvgIpc) is 3.09. The Morgan fingerprint density at radius 1 is 1.31 bits per heavy atom. The lowest BCUT2D eigenvalue weighted by Crippen LogP contribution is -2.39. The number of benzene rings is 1. The van der Waals surface area contributed by atoms with Crippen LogP contribution < -0.4 is 14.8 Å². The molecule has 1 N–H and O–H groups in total. The molecule has 0 radical (unpaired) electrons. The van der Waals surface area contributed by atoms with E-state index in [1.165, 1.54) is 0 Å². The number of fused-ring (bicyclic) bond motifs is 1. The van der Waals surface area contributed by atoms with E-state index in [1.807, 2.05) is 13.8 Å². The first-order valence-electron chi connectivity index (χ1n) is 10.0. The number of hydrogen-bond acceptors (Lipinski definition) is 7. The maximum absolute atomic E-state index is 12.5. The predicted molar refractivity (Wildman–Crippen MR) is 112 cm³/mol. The Kier molecular flexibility index (Phi) is 7.14. The van der Waals surface area contributed by atoms with E-state index < -0.39 is 6.04 Å². The SMILES string of the molecule is CCCC1C(Oc2nc3cc(OC)ccc3nc2Cl)CNC1C(=O)OCC(C)C. The molecule has 1 aliphatic rings. The first kappa shape index (κ1) is 21.6. The van der Waals surface area contributed by atoms with Crippen molar-refractivity contribution in [3.05, 3.63) is 23.4 Å². The van der Waals surface area contributed by atoms with Gasteiger partial charge in [-0.3, -0.25) is 4.79 Å². The van der Waals surface area contributed by atoms with Crippen LogP contribution in [0.1, 0.15) is 33.6 Å². The first-order chi connectivity index (χ1) is 13.9. The Labute approximate surface area is 176 Å². The quantitative estimate of drug-likeness (QED) is 0.651. The number of methoxy groups -OCH3 is 1. The molecule has 1 aromatic carbocycles. The average molecular weight is 422 g/mol. The second kappa shape index (κ2) is 9.59. The van der Waals surface area contributed by atoms with Crippen LogP contribution in [0.2, 0.25) is 5.15 Å². The van der Waals surface area contributed by atoms with E-state index in [9.17, 15) is 4.79 Å². The molecule has 7 nitrogen and oxygen atoms in total. The molecule has 1 fully saturated rings. The van der Waals surface area contributed by atoms with E-state index >= 15 is 0 Å². The third kappa shape index (κ3) is 5.08. The number of rotatable bonds is 8. The van der Waals surface area contributed by atoms with E-state index in [0.29, 0.717) is 35.9 Å². The molecule has 1 aromatic heterocycles. The highest BCUT2D eigenvalue weighted by molar-refractivity contribution is 6.31. The van der Waals surface area contributed by atoms with Crippen molar-refractivity contribution in [2.24, 2.45) is 11.8 Å². The molecule has 3 atom stereocenters. The zero-order valence-electron chi connectivity index (χ0n) is 17.3. The number of carbonyl (C=O) groups is 1. The summed E-state index contributed by atoms with van der Waals surface area (Å²) in [7, 11) is 1.60. The molecule has 1 saturated heterocycles. The van der Waals surface area contributed by atoms with Gasteiger partial charge >= 0.3 is 5.97 Å².